The summed E-state index contributed by atoms with van der Waals surface area (Å²) in [5.41, 5.74) is 3.39. The third kappa shape index (κ3) is 5.40. The molecule has 2 aliphatic heterocycles. The Balaban J connectivity index is 1.95. The SMILES string of the molecule is CCN(C(=O)CCSCC(F)F)C1=C(C)N=C(C2=CC=CN(O)C2)C1. The first-order chi connectivity index (χ1) is 11.9. The topological polar surface area (TPSA) is 56.1 Å². The molecule has 138 valence electrons. The fourth-order valence-electron chi connectivity index (χ4n) is 2.78. The lowest BCUT2D eigenvalue weighted by atomic mass is 10.0. The van der Waals surface area contributed by atoms with E-state index in [9.17, 15) is 18.8 Å². The summed E-state index contributed by atoms with van der Waals surface area (Å²) in [5, 5.41) is 10.7. The molecule has 0 radical (unpaired) electrons. The first kappa shape index (κ1) is 19.7. The van der Waals surface area contributed by atoms with E-state index in [1.165, 1.54) is 0 Å². The fraction of sp³-hybridized carbons (Fsp3) is 0.529. The molecule has 0 bridgehead atoms. The molecule has 0 fully saturated rings. The molecule has 0 atom stereocenters. The van der Waals surface area contributed by atoms with Gasteiger partial charge in [0.1, 0.15) is 0 Å². The molecule has 0 saturated heterocycles. The minimum atomic E-state index is -2.35. The van der Waals surface area contributed by atoms with Crippen molar-refractivity contribution in [1.82, 2.24) is 9.96 Å². The van der Waals surface area contributed by atoms with E-state index in [0.717, 1.165) is 39.5 Å². The van der Waals surface area contributed by atoms with Gasteiger partial charge in [-0.1, -0.05) is 6.08 Å². The van der Waals surface area contributed by atoms with Crippen molar-refractivity contribution in [3.05, 3.63) is 35.3 Å². The van der Waals surface area contributed by atoms with Crippen LogP contribution in [0.4, 0.5) is 8.78 Å². The Bertz CT molecular complexity index is 629. The maximum atomic E-state index is 12.5. The Morgan fingerprint density at radius 1 is 1.52 bits per heavy atom. The number of hydroxylamine groups is 2. The van der Waals surface area contributed by atoms with Crippen molar-refractivity contribution in [1.29, 1.82) is 0 Å². The van der Waals surface area contributed by atoms with Crippen LogP contribution in [0.15, 0.2) is 40.3 Å². The summed E-state index contributed by atoms with van der Waals surface area (Å²) < 4.78 is 24.3. The number of amides is 1. The number of thioether (sulfide) groups is 1. The van der Waals surface area contributed by atoms with Gasteiger partial charge in [-0.3, -0.25) is 20.1 Å². The average molecular weight is 371 g/mol. The van der Waals surface area contributed by atoms with Gasteiger partial charge in [-0.15, -0.1) is 0 Å². The highest BCUT2D eigenvalue weighted by Gasteiger charge is 2.26. The second kappa shape index (κ2) is 9.15. The van der Waals surface area contributed by atoms with Crippen LogP contribution in [0.5, 0.6) is 0 Å². The molecule has 0 aromatic carbocycles. The van der Waals surface area contributed by atoms with Gasteiger partial charge in [0.25, 0.3) is 0 Å². The number of rotatable bonds is 8. The third-order valence-electron chi connectivity index (χ3n) is 3.96. The van der Waals surface area contributed by atoms with Crippen molar-refractivity contribution < 1.29 is 18.8 Å². The Morgan fingerprint density at radius 2 is 2.28 bits per heavy atom. The molecule has 2 aliphatic rings. The molecule has 1 N–H and O–H groups in total. The molecule has 0 aliphatic carbocycles. The molecule has 0 unspecified atom stereocenters. The summed E-state index contributed by atoms with van der Waals surface area (Å²) in [6, 6.07) is 0. The fourth-order valence-corrected chi connectivity index (χ4v) is 3.44. The summed E-state index contributed by atoms with van der Waals surface area (Å²) in [5.74, 6) is 0.0689. The van der Waals surface area contributed by atoms with Crippen molar-refractivity contribution in [3.63, 3.8) is 0 Å². The van der Waals surface area contributed by atoms with Crippen LogP contribution >= 0.6 is 11.8 Å². The van der Waals surface area contributed by atoms with Gasteiger partial charge in [0.2, 0.25) is 12.3 Å². The van der Waals surface area contributed by atoms with Crippen LogP contribution in [-0.4, -0.2) is 57.8 Å². The van der Waals surface area contributed by atoms with Gasteiger partial charge >= 0.3 is 0 Å². The van der Waals surface area contributed by atoms with Crippen molar-refractivity contribution in [2.45, 2.75) is 33.1 Å². The molecule has 2 heterocycles. The Morgan fingerprint density at radius 3 is 2.92 bits per heavy atom. The highest BCUT2D eigenvalue weighted by atomic mass is 32.2. The molecule has 0 spiro atoms. The molecule has 0 aromatic heterocycles. The van der Waals surface area contributed by atoms with E-state index in [0.29, 0.717) is 25.3 Å². The van der Waals surface area contributed by atoms with E-state index in [4.69, 9.17) is 0 Å². The van der Waals surface area contributed by atoms with Gasteiger partial charge in [-0.2, -0.15) is 11.8 Å². The van der Waals surface area contributed by atoms with Crippen LogP contribution in [0.1, 0.15) is 26.7 Å². The molecule has 2 rings (SSSR count). The standard InChI is InChI=1S/C17H23F2N3O2S/c1-3-22(17(23)6-8-25-11-16(18)19)15-9-14(20-12(15)2)13-5-4-7-21(24)10-13/h4-5,7,16,24H,3,6,8-11H2,1-2H3. The third-order valence-corrected chi connectivity index (χ3v) is 4.94. The zero-order valence-electron chi connectivity index (χ0n) is 14.4. The van der Waals surface area contributed by atoms with Crippen LogP contribution in [-0.2, 0) is 4.79 Å². The number of aliphatic imine (C=N–C) groups is 1. The maximum absolute atomic E-state index is 12.5. The number of allylic oxidation sites excluding steroid dienone is 4. The molecular weight excluding hydrogens is 348 g/mol. The van der Waals surface area contributed by atoms with Crippen LogP contribution < -0.4 is 0 Å². The Labute approximate surface area is 150 Å². The summed E-state index contributed by atoms with van der Waals surface area (Å²) in [7, 11) is 0. The number of hydrogen-bond acceptors (Lipinski definition) is 5. The summed E-state index contributed by atoms with van der Waals surface area (Å²) >= 11 is 1.09. The van der Waals surface area contributed by atoms with Crippen molar-refractivity contribution in [2.24, 2.45) is 4.99 Å². The normalized spacial score (nSPS) is 17.3. The summed E-state index contributed by atoms with van der Waals surface area (Å²) in [4.78, 5) is 18.7. The quantitative estimate of drug-likeness (QED) is 0.664. The predicted octanol–water partition coefficient (Wildman–Crippen LogP) is 3.44. The van der Waals surface area contributed by atoms with Gasteiger partial charge in [-0.25, -0.2) is 8.78 Å². The lowest BCUT2D eigenvalue weighted by Gasteiger charge is -2.24. The van der Waals surface area contributed by atoms with Crippen LogP contribution in [0.3, 0.4) is 0 Å². The van der Waals surface area contributed by atoms with E-state index < -0.39 is 6.43 Å². The molecule has 1 amide bonds. The van der Waals surface area contributed by atoms with Gasteiger partial charge in [-0.05, 0) is 25.5 Å². The molecule has 5 nitrogen and oxygen atoms in total. The van der Waals surface area contributed by atoms with E-state index in [-0.39, 0.29) is 18.1 Å². The monoisotopic (exact) mass is 371 g/mol. The maximum Gasteiger partial charge on any atom is 0.247 e. The predicted molar refractivity (Wildman–Crippen MR) is 95.8 cm³/mol. The zero-order valence-corrected chi connectivity index (χ0v) is 15.2. The second-order valence-corrected chi connectivity index (χ2v) is 6.90. The van der Waals surface area contributed by atoms with E-state index in [1.807, 2.05) is 19.9 Å². The van der Waals surface area contributed by atoms with Crippen molar-refractivity contribution in [3.8, 4) is 0 Å². The first-order valence-electron chi connectivity index (χ1n) is 8.19. The number of nitrogens with zero attached hydrogens (tertiary/aromatic N) is 3. The average Bonchev–Trinajstić information content (AvgIpc) is 2.94. The minimum absolute atomic E-state index is 0.0728. The molecule has 0 aromatic rings. The Kier molecular flexibility index (Phi) is 7.19. The lowest BCUT2D eigenvalue weighted by molar-refractivity contribution is -0.128. The molecular formula is C17H23F2N3O2S. The first-order valence-corrected chi connectivity index (χ1v) is 9.34. The number of alkyl halides is 2. The van der Waals surface area contributed by atoms with Crippen LogP contribution in [0.2, 0.25) is 0 Å². The second-order valence-electron chi connectivity index (χ2n) is 5.75. The summed E-state index contributed by atoms with van der Waals surface area (Å²) in [6.45, 7) is 4.62. The van der Waals surface area contributed by atoms with Gasteiger partial charge in [0.15, 0.2) is 0 Å². The number of carbonyl (C=O) groups is 1. The number of carbonyl (C=O) groups excluding carboxylic acids is 1. The van der Waals surface area contributed by atoms with Crippen molar-refractivity contribution >= 4 is 23.4 Å². The van der Waals surface area contributed by atoms with Crippen molar-refractivity contribution in [2.75, 3.05) is 24.6 Å². The van der Waals surface area contributed by atoms with Gasteiger partial charge in [0.05, 0.1) is 23.7 Å². The number of hydrogen-bond donors (Lipinski definition) is 1. The lowest BCUT2D eigenvalue weighted by Crippen LogP contribution is -2.31. The zero-order chi connectivity index (χ0) is 18.4. The van der Waals surface area contributed by atoms with Gasteiger partial charge in [0, 0.05) is 37.0 Å². The minimum Gasteiger partial charge on any atom is -0.314 e. The largest absolute Gasteiger partial charge is 0.314 e. The van der Waals surface area contributed by atoms with E-state index >= 15 is 0 Å². The van der Waals surface area contributed by atoms with E-state index in [2.05, 4.69) is 4.99 Å². The van der Waals surface area contributed by atoms with Crippen LogP contribution in [0.25, 0.3) is 0 Å². The highest BCUT2D eigenvalue weighted by molar-refractivity contribution is 7.99. The summed E-state index contributed by atoms with van der Waals surface area (Å²) in [6.07, 6.45) is 3.63. The van der Waals surface area contributed by atoms with Gasteiger partial charge < -0.3 is 4.90 Å². The molecule has 0 saturated carbocycles. The number of halogens is 2. The van der Waals surface area contributed by atoms with E-state index in [1.54, 1.807) is 17.2 Å². The molecule has 8 heteroatoms. The highest BCUT2D eigenvalue weighted by Crippen LogP contribution is 2.28. The Hall–Kier alpha value is -1.67. The van der Waals surface area contributed by atoms with Crippen LogP contribution in [0, 0.1) is 0 Å². The smallest absolute Gasteiger partial charge is 0.247 e. The molecule has 25 heavy (non-hydrogen) atoms.